The van der Waals surface area contributed by atoms with Gasteiger partial charge < -0.3 is 9.47 Å². The molecule has 2 heteroatoms. The zero-order chi connectivity index (χ0) is 17.2. The summed E-state index contributed by atoms with van der Waals surface area (Å²) < 4.78 is 11.7. The topological polar surface area (TPSA) is 18.5 Å². The molecule has 0 aromatic rings. The lowest BCUT2D eigenvalue weighted by Crippen LogP contribution is -2.48. The normalized spacial score (nSPS) is 32.1. The summed E-state index contributed by atoms with van der Waals surface area (Å²) in [5, 5.41) is 0. The maximum absolute atomic E-state index is 6.18. The molecule has 1 saturated heterocycles. The Balaban J connectivity index is 0. The van der Waals surface area contributed by atoms with Crippen LogP contribution in [-0.4, -0.2) is 19.5 Å². The van der Waals surface area contributed by atoms with Gasteiger partial charge in [-0.3, -0.25) is 0 Å². The molecule has 0 aliphatic carbocycles. The van der Waals surface area contributed by atoms with Gasteiger partial charge in [-0.15, -0.1) is 0 Å². The highest BCUT2D eigenvalue weighted by Crippen LogP contribution is 2.41. The van der Waals surface area contributed by atoms with Crippen molar-refractivity contribution < 1.29 is 9.47 Å². The number of methoxy groups -OCH3 is 1. The third kappa shape index (κ3) is 7.15. The van der Waals surface area contributed by atoms with E-state index in [0.29, 0.717) is 35.7 Å². The largest absolute Gasteiger partial charge is 0.356 e. The lowest BCUT2D eigenvalue weighted by atomic mass is 9.71. The molecule has 5 atom stereocenters. The van der Waals surface area contributed by atoms with E-state index in [1.54, 1.807) is 7.11 Å². The van der Waals surface area contributed by atoms with Gasteiger partial charge in [0.2, 0.25) is 0 Å². The van der Waals surface area contributed by atoms with E-state index in [4.69, 9.17) is 9.47 Å². The van der Waals surface area contributed by atoms with Crippen LogP contribution in [-0.2, 0) is 9.47 Å². The lowest BCUT2D eigenvalue weighted by Gasteiger charge is -2.46. The maximum atomic E-state index is 6.18. The summed E-state index contributed by atoms with van der Waals surface area (Å²) >= 11 is 0. The highest BCUT2D eigenvalue weighted by atomic mass is 16.7. The second-order valence-electron chi connectivity index (χ2n) is 6.45. The third-order valence-electron chi connectivity index (χ3n) is 4.31. The molecule has 2 nitrogen and oxygen atoms in total. The number of hydrogen-bond acceptors (Lipinski definition) is 2. The Hall–Kier alpha value is -0.0800. The molecule has 1 aliphatic rings. The monoisotopic (exact) mass is 302 g/mol. The highest BCUT2D eigenvalue weighted by molar-refractivity contribution is 4.87. The Morgan fingerprint density at radius 2 is 1.38 bits per heavy atom. The van der Waals surface area contributed by atoms with E-state index in [9.17, 15) is 0 Å². The molecule has 1 heterocycles. The minimum absolute atomic E-state index is 0.0243. The summed E-state index contributed by atoms with van der Waals surface area (Å²) in [4.78, 5) is 0. The third-order valence-corrected chi connectivity index (χ3v) is 4.31. The fraction of sp³-hybridized carbons (Fsp3) is 1.00. The smallest absolute Gasteiger partial charge is 0.160 e. The molecular weight excluding hydrogens is 260 g/mol. The van der Waals surface area contributed by atoms with Gasteiger partial charge in [0, 0.05) is 13.0 Å². The standard InChI is InChI=1S/C15H30O2.2C2H6/c1-9(2)8-13-14(10(3)4)11(5)12(6)15(16-7)17-13;2*1-2/h9-15H,8H2,1-7H3;2*1-2H3. The molecule has 0 radical (unpaired) electrons. The van der Waals surface area contributed by atoms with Crippen molar-refractivity contribution in [3.05, 3.63) is 0 Å². The molecule has 1 aliphatic heterocycles. The Morgan fingerprint density at radius 3 is 1.71 bits per heavy atom. The van der Waals surface area contributed by atoms with Crippen LogP contribution in [0.5, 0.6) is 0 Å². The van der Waals surface area contributed by atoms with Crippen LogP contribution in [0.15, 0.2) is 0 Å². The number of rotatable bonds is 4. The van der Waals surface area contributed by atoms with Crippen LogP contribution in [0.25, 0.3) is 0 Å². The Labute approximate surface area is 135 Å². The minimum Gasteiger partial charge on any atom is -0.356 e. The molecule has 0 aromatic carbocycles. The zero-order valence-corrected chi connectivity index (χ0v) is 16.6. The summed E-state index contributed by atoms with van der Waals surface area (Å²) in [6, 6.07) is 0. The first-order valence-corrected chi connectivity index (χ1v) is 9.06. The summed E-state index contributed by atoms with van der Waals surface area (Å²) in [5.74, 6) is 3.15. The Bertz CT molecular complexity index is 226. The van der Waals surface area contributed by atoms with Crippen LogP contribution in [0.3, 0.4) is 0 Å². The van der Waals surface area contributed by atoms with Gasteiger partial charge in [0.25, 0.3) is 0 Å². The fourth-order valence-electron chi connectivity index (χ4n) is 3.31. The number of hydrogen-bond donors (Lipinski definition) is 0. The zero-order valence-electron chi connectivity index (χ0n) is 16.6. The summed E-state index contributed by atoms with van der Waals surface area (Å²) in [5.41, 5.74) is 0. The Kier molecular flexibility index (Phi) is 13.8. The minimum atomic E-state index is -0.0243. The summed E-state index contributed by atoms with van der Waals surface area (Å²) in [6.45, 7) is 21.8. The van der Waals surface area contributed by atoms with Gasteiger partial charge in [0.15, 0.2) is 6.29 Å². The lowest BCUT2D eigenvalue weighted by molar-refractivity contribution is -0.248. The summed E-state index contributed by atoms with van der Waals surface area (Å²) in [7, 11) is 1.76. The molecule has 1 fully saturated rings. The first-order valence-electron chi connectivity index (χ1n) is 9.06. The molecule has 0 N–H and O–H groups in total. The van der Waals surface area contributed by atoms with Crippen molar-refractivity contribution in [3.63, 3.8) is 0 Å². The highest BCUT2D eigenvalue weighted by Gasteiger charge is 2.42. The molecule has 130 valence electrons. The first-order chi connectivity index (χ1) is 9.88. The predicted molar refractivity (Wildman–Crippen MR) is 94.5 cm³/mol. The van der Waals surface area contributed by atoms with Crippen molar-refractivity contribution in [2.45, 2.75) is 88.1 Å². The van der Waals surface area contributed by atoms with E-state index >= 15 is 0 Å². The van der Waals surface area contributed by atoms with Gasteiger partial charge in [-0.25, -0.2) is 0 Å². The Morgan fingerprint density at radius 1 is 0.905 bits per heavy atom. The van der Waals surface area contributed by atoms with Gasteiger partial charge in [-0.05, 0) is 30.1 Å². The van der Waals surface area contributed by atoms with Crippen molar-refractivity contribution in [3.8, 4) is 0 Å². The van der Waals surface area contributed by atoms with Crippen LogP contribution < -0.4 is 0 Å². The summed E-state index contributed by atoms with van der Waals surface area (Å²) in [6.07, 6.45) is 1.47. The van der Waals surface area contributed by atoms with Crippen LogP contribution in [0, 0.1) is 29.6 Å². The molecule has 1 rings (SSSR count). The quantitative estimate of drug-likeness (QED) is 0.634. The first kappa shape index (κ1) is 23.2. The van der Waals surface area contributed by atoms with Gasteiger partial charge in [-0.1, -0.05) is 69.2 Å². The van der Waals surface area contributed by atoms with Crippen molar-refractivity contribution >= 4 is 0 Å². The van der Waals surface area contributed by atoms with Crippen molar-refractivity contribution in [2.24, 2.45) is 29.6 Å². The van der Waals surface area contributed by atoms with E-state index in [2.05, 4.69) is 41.5 Å². The molecular formula is C19H42O2. The van der Waals surface area contributed by atoms with Gasteiger partial charge >= 0.3 is 0 Å². The molecule has 21 heavy (non-hydrogen) atoms. The fourth-order valence-corrected chi connectivity index (χ4v) is 3.31. The van der Waals surface area contributed by atoms with E-state index in [1.807, 2.05) is 27.7 Å². The van der Waals surface area contributed by atoms with Gasteiger partial charge in [-0.2, -0.15) is 0 Å². The van der Waals surface area contributed by atoms with Crippen molar-refractivity contribution in [1.82, 2.24) is 0 Å². The average Bonchev–Trinajstić information content (AvgIpc) is 2.46. The number of ether oxygens (including phenoxy) is 2. The van der Waals surface area contributed by atoms with Crippen molar-refractivity contribution in [2.75, 3.05) is 7.11 Å². The molecule has 0 saturated carbocycles. The predicted octanol–water partition coefficient (Wildman–Crippen LogP) is 6.00. The van der Waals surface area contributed by atoms with E-state index in [-0.39, 0.29) is 6.29 Å². The van der Waals surface area contributed by atoms with Crippen molar-refractivity contribution in [1.29, 1.82) is 0 Å². The molecule has 0 amide bonds. The maximum Gasteiger partial charge on any atom is 0.160 e. The molecule has 0 aromatic heterocycles. The van der Waals surface area contributed by atoms with E-state index in [1.165, 1.54) is 0 Å². The molecule has 0 bridgehead atoms. The van der Waals surface area contributed by atoms with Crippen LogP contribution in [0.4, 0.5) is 0 Å². The van der Waals surface area contributed by atoms with E-state index in [0.717, 1.165) is 6.42 Å². The molecule has 5 unspecified atom stereocenters. The average molecular weight is 303 g/mol. The van der Waals surface area contributed by atoms with Crippen LogP contribution in [0.2, 0.25) is 0 Å². The van der Waals surface area contributed by atoms with Gasteiger partial charge in [0.1, 0.15) is 0 Å². The molecule has 0 spiro atoms. The second-order valence-corrected chi connectivity index (χ2v) is 6.45. The van der Waals surface area contributed by atoms with Crippen LogP contribution >= 0.6 is 0 Å². The van der Waals surface area contributed by atoms with E-state index < -0.39 is 0 Å². The second kappa shape index (κ2) is 12.5. The SMILES string of the molecule is CC.CC.COC1OC(CC(C)C)C(C(C)C)C(C)C1C. The van der Waals surface area contributed by atoms with Crippen LogP contribution in [0.1, 0.15) is 75.7 Å². The van der Waals surface area contributed by atoms with Gasteiger partial charge in [0.05, 0.1) is 6.10 Å².